The monoisotopic (exact) mass is 213 g/mol. The van der Waals surface area contributed by atoms with Crippen molar-refractivity contribution in [2.24, 2.45) is 11.8 Å². The summed E-state index contributed by atoms with van der Waals surface area (Å²) in [5, 5.41) is 3.52. The minimum atomic E-state index is 0.782. The summed E-state index contributed by atoms with van der Waals surface area (Å²) in [6.07, 6.45) is 8.39. The average Bonchev–Trinajstić information content (AvgIpc) is 2.19. The summed E-state index contributed by atoms with van der Waals surface area (Å²) in [6.45, 7) is 11.6. The second-order valence-electron chi connectivity index (χ2n) is 5.34. The summed E-state index contributed by atoms with van der Waals surface area (Å²) in [7, 11) is 0. The van der Waals surface area contributed by atoms with Crippen LogP contribution in [0.1, 0.15) is 66.2 Å². The van der Waals surface area contributed by atoms with Gasteiger partial charge in [0.05, 0.1) is 0 Å². The Labute approximate surface area is 97.0 Å². The number of nitrogens with one attached hydrogen (secondary N) is 1. The second kappa shape index (κ2) is 10.5. The molecular formula is C14H31N. The van der Waals surface area contributed by atoms with Gasteiger partial charge in [0.15, 0.2) is 0 Å². The van der Waals surface area contributed by atoms with Crippen molar-refractivity contribution in [1.29, 1.82) is 0 Å². The molecule has 92 valence electrons. The summed E-state index contributed by atoms with van der Waals surface area (Å²) in [4.78, 5) is 0. The first-order valence-corrected chi connectivity index (χ1v) is 6.87. The Morgan fingerprint density at radius 3 is 2.27 bits per heavy atom. The summed E-state index contributed by atoms with van der Waals surface area (Å²) >= 11 is 0. The molecule has 0 aliphatic carbocycles. The zero-order valence-electron chi connectivity index (χ0n) is 11.3. The van der Waals surface area contributed by atoms with Crippen LogP contribution in [0.4, 0.5) is 0 Å². The lowest BCUT2D eigenvalue weighted by atomic mass is 9.99. The molecule has 1 atom stereocenters. The van der Waals surface area contributed by atoms with E-state index in [2.05, 4.69) is 33.0 Å². The standard InChI is InChI=1S/C14H31N/c1-5-6-7-8-9-14(4)10-11-15-12-13(2)3/h13-15H,5-12H2,1-4H3. The Bertz CT molecular complexity index is 121. The molecule has 0 aliphatic heterocycles. The number of hydrogen-bond donors (Lipinski definition) is 1. The lowest BCUT2D eigenvalue weighted by Crippen LogP contribution is -2.22. The number of unbranched alkanes of at least 4 members (excludes halogenated alkanes) is 3. The SMILES string of the molecule is CCCCCCC(C)CCNCC(C)C. The van der Waals surface area contributed by atoms with Crippen LogP contribution in [0.3, 0.4) is 0 Å². The highest BCUT2D eigenvalue weighted by Gasteiger charge is 2.01. The van der Waals surface area contributed by atoms with E-state index in [1.165, 1.54) is 51.6 Å². The van der Waals surface area contributed by atoms with Gasteiger partial charge in [0.2, 0.25) is 0 Å². The maximum atomic E-state index is 3.52. The van der Waals surface area contributed by atoms with Crippen molar-refractivity contribution in [2.45, 2.75) is 66.2 Å². The second-order valence-corrected chi connectivity index (χ2v) is 5.34. The highest BCUT2D eigenvalue weighted by Crippen LogP contribution is 2.12. The summed E-state index contributed by atoms with van der Waals surface area (Å²) in [6, 6.07) is 0. The van der Waals surface area contributed by atoms with Crippen LogP contribution in [0.25, 0.3) is 0 Å². The van der Waals surface area contributed by atoms with Crippen molar-refractivity contribution in [1.82, 2.24) is 5.32 Å². The van der Waals surface area contributed by atoms with Crippen LogP contribution in [-0.2, 0) is 0 Å². The molecular weight excluding hydrogens is 182 g/mol. The molecule has 0 aromatic rings. The van der Waals surface area contributed by atoms with E-state index in [9.17, 15) is 0 Å². The third kappa shape index (κ3) is 11.9. The van der Waals surface area contributed by atoms with Crippen LogP contribution in [0.2, 0.25) is 0 Å². The fraction of sp³-hybridized carbons (Fsp3) is 1.00. The van der Waals surface area contributed by atoms with Crippen molar-refractivity contribution in [3.05, 3.63) is 0 Å². The molecule has 1 heteroatoms. The molecule has 15 heavy (non-hydrogen) atoms. The van der Waals surface area contributed by atoms with Gasteiger partial charge in [0, 0.05) is 0 Å². The first-order valence-electron chi connectivity index (χ1n) is 6.87. The van der Waals surface area contributed by atoms with Crippen molar-refractivity contribution >= 4 is 0 Å². The molecule has 0 aromatic heterocycles. The predicted octanol–water partition coefficient (Wildman–Crippen LogP) is 4.23. The van der Waals surface area contributed by atoms with Gasteiger partial charge in [0.1, 0.15) is 0 Å². The summed E-state index contributed by atoms with van der Waals surface area (Å²) in [5.41, 5.74) is 0. The third-order valence-electron chi connectivity index (χ3n) is 2.92. The van der Waals surface area contributed by atoms with Gasteiger partial charge in [-0.15, -0.1) is 0 Å². The molecule has 0 radical (unpaired) electrons. The molecule has 0 bridgehead atoms. The van der Waals surface area contributed by atoms with Gasteiger partial charge in [-0.05, 0) is 31.3 Å². The number of rotatable bonds is 10. The van der Waals surface area contributed by atoms with Crippen molar-refractivity contribution in [3.8, 4) is 0 Å². The molecule has 0 aliphatic rings. The van der Waals surface area contributed by atoms with Crippen molar-refractivity contribution < 1.29 is 0 Å². The molecule has 0 aromatic carbocycles. The highest BCUT2D eigenvalue weighted by molar-refractivity contribution is 4.58. The zero-order chi connectivity index (χ0) is 11.5. The normalized spacial score (nSPS) is 13.4. The van der Waals surface area contributed by atoms with E-state index in [1.807, 2.05) is 0 Å². The average molecular weight is 213 g/mol. The van der Waals surface area contributed by atoms with Gasteiger partial charge >= 0.3 is 0 Å². The van der Waals surface area contributed by atoms with E-state index in [0.717, 1.165) is 11.8 Å². The Hall–Kier alpha value is -0.0400. The molecule has 0 saturated carbocycles. The molecule has 0 spiro atoms. The van der Waals surface area contributed by atoms with Gasteiger partial charge in [0.25, 0.3) is 0 Å². The van der Waals surface area contributed by atoms with Crippen LogP contribution in [-0.4, -0.2) is 13.1 Å². The van der Waals surface area contributed by atoms with Gasteiger partial charge in [-0.1, -0.05) is 59.8 Å². The zero-order valence-corrected chi connectivity index (χ0v) is 11.3. The van der Waals surface area contributed by atoms with E-state index >= 15 is 0 Å². The molecule has 1 N–H and O–H groups in total. The van der Waals surface area contributed by atoms with Crippen LogP contribution >= 0.6 is 0 Å². The molecule has 1 unspecified atom stereocenters. The largest absolute Gasteiger partial charge is 0.316 e. The highest BCUT2D eigenvalue weighted by atomic mass is 14.8. The van der Waals surface area contributed by atoms with Crippen molar-refractivity contribution in [2.75, 3.05) is 13.1 Å². The molecule has 1 nitrogen and oxygen atoms in total. The van der Waals surface area contributed by atoms with E-state index in [0.29, 0.717) is 0 Å². The topological polar surface area (TPSA) is 12.0 Å². The summed E-state index contributed by atoms with van der Waals surface area (Å²) in [5.74, 6) is 1.69. The maximum Gasteiger partial charge on any atom is -0.00258 e. The van der Waals surface area contributed by atoms with E-state index < -0.39 is 0 Å². The Kier molecular flexibility index (Phi) is 10.4. The van der Waals surface area contributed by atoms with Gasteiger partial charge in [-0.25, -0.2) is 0 Å². The van der Waals surface area contributed by atoms with E-state index in [4.69, 9.17) is 0 Å². The Morgan fingerprint density at radius 1 is 0.933 bits per heavy atom. The van der Waals surface area contributed by atoms with Crippen molar-refractivity contribution in [3.63, 3.8) is 0 Å². The number of hydrogen-bond acceptors (Lipinski definition) is 1. The molecule has 0 rings (SSSR count). The minimum absolute atomic E-state index is 0.782. The molecule has 0 fully saturated rings. The van der Waals surface area contributed by atoms with Crippen LogP contribution in [0.15, 0.2) is 0 Å². The third-order valence-corrected chi connectivity index (χ3v) is 2.92. The van der Waals surface area contributed by atoms with Crippen LogP contribution < -0.4 is 5.32 Å². The first-order chi connectivity index (χ1) is 7.16. The lowest BCUT2D eigenvalue weighted by molar-refractivity contribution is 0.434. The minimum Gasteiger partial charge on any atom is -0.316 e. The van der Waals surface area contributed by atoms with Gasteiger partial charge in [-0.3, -0.25) is 0 Å². The van der Waals surface area contributed by atoms with Crippen LogP contribution in [0, 0.1) is 11.8 Å². The fourth-order valence-corrected chi connectivity index (χ4v) is 1.80. The maximum absolute atomic E-state index is 3.52. The quantitative estimate of drug-likeness (QED) is 0.536. The Morgan fingerprint density at radius 2 is 1.67 bits per heavy atom. The summed E-state index contributed by atoms with van der Waals surface area (Å²) < 4.78 is 0. The molecule has 0 saturated heterocycles. The lowest BCUT2D eigenvalue weighted by Gasteiger charge is -2.12. The Balaban J connectivity index is 3.15. The first kappa shape index (κ1) is 15.0. The van der Waals surface area contributed by atoms with Crippen LogP contribution in [0.5, 0.6) is 0 Å². The fourth-order valence-electron chi connectivity index (χ4n) is 1.80. The molecule has 0 amide bonds. The van der Waals surface area contributed by atoms with E-state index in [1.54, 1.807) is 0 Å². The predicted molar refractivity (Wildman–Crippen MR) is 70.2 cm³/mol. The smallest absolute Gasteiger partial charge is 0.00258 e. The van der Waals surface area contributed by atoms with E-state index in [-0.39, 0.29) is 0 Å². The van der Waals surface area contributed by atoms with Gasteiger partial charge in [-0.2, -0.15) is 0 Å². The van der Waals surface area contributed by atoms with Gasteiger partial charge < -0.3 is 5.32 Å². The molecule has 0 heterocycles.